The van der Waals surface area contributed by atoms with Gasteiger partial charge in [0, 0.05) is 18.1 Å². The number of halogens is 4. The Balaban J connectivity index is 1.99. The van der Waals surface area contributed by atoms with Crippen LogP contribution in [0.25, 0.3) is 11.1 Å². The highest BCUT2D eigenvalue weighted by Gasteiger charge is 2.29. The number of nitrogens with one attached hydrogen (secondary N) is 1. The van der Waals surface area contributed by atoms with Crippen molar-refractivity contribution < 1.29 is 31.5 Å². The molecule has 0 unspecified atom stereocenters. The lowest BCUT2D eigenvalue weighted by Crippen LogP contribution is -2.17. The number of aromatic hydroxyl groups is 1. The molecule has 0 atom stereocenters. The van der Waals surface area contributed by atoms with E-state index in [2.05, 4.69) is 0 Å². The molecule has 0 amide bonds. The van der Waals surface area contributed by atoms with Crippen molar-refractivity contribution in [3.05, 3.63) is 76.1 Å². The minimum Gasteiger partial charge on any atom is -0.505 e. The van der Waals surface area contributed by atoms with Crippen molar-refractivity contribution in [3.63, 3.8) is 0 Å². The van der Waals surface area contributed by atoms with E-state index in [1.54, 1.807) is 24.3 Å². The molecule has 0 aromatic heterocycles. The fourth-order valence-electron chi connectivity index (χ4n) is 3.61. The summed E-state index contributed by atoms with van der Waals surface area (Å²) in [6, 6.07) is 8.84. The van der Waals surface area contributed by atoms with Crippen LogP contribution in [0.15, 0.2) is 47.4 Å². The first-order chi connectivity index (χ1) is 15.1. The van der Waals surface area contributed by atoms with Crippen molar-refractivity contribution in [1.82, 2.24) is 0 Å². The van der Waals surface area contributed by atoms with Crippen molar-refractivity contribution >= 4 is 33.1 Å². The zero-order chi connectivity index (χ0) is 23.2. The molecule has 0 saturated carbocycles. The van der Waals surface area contributed by atoms with Crippen LogP contribution in [0.4, 0.5) is 18.9 Å². The summed E-state index contributed by atoms with van der Waals surface area (Å²) < 4.78 is 71.4. The Morgan fingerprint density at radius 3 is 2.41 bits per heavy atom. The zero-order valence-electron chi connectivity index (χ0n) is 16.3. The maximum absolute atomic E-state index is 14.6. The molecule has 0 radical (unpaired) electrons. The number of hydrogen-bond donors (Lipinski definition) is 2. The van der Waals surface area contributed by atoms with Crippen LogP contribution >= 0.6 is 11.6 Å². The number of hydrogen-bond acceptors (Lipinski definition) is 4. The maximum atomic E-state index is 14.6. The molecule has 2 N–H and O–H groups in total. The average Bonchev–Trinajstić information content (AvgIpc) is 2.73. The van der Waals surface area contributed by atoms with Crippen molar-refractivity contribution in [2.24, 2.45) is 0 Å². The van der Waals surface area contributed by atoms with Gasteiger partial charge in [-0.1, -0.05) is 35.9 Å². The molecule has 10 heteroatoms. The van der Waals surface area contributed by atoms with E-state index in [0.29, 0.717) is 29.7 Å². The molecule has 32 heavy (non-hydrogen) atoms. The highest BCUT2D eigenvalue weighted by atomic mass is 35.5. The molecular weight excluding hydrogens is 467 g/mol. The Morgan fingerprint density at radius 2 is 1.66 bits per heavy atom. The molecule has 1 aliphatic rings. The highest BCUT2D eigenvalue weighted by molar-refractivity contribution is 7.92. The van der Waals surface area contributed by atoms with E-state index in [-0.39, 0.29) is 18.4 Å². The van der Waals surface area contributed by atoms with Crippen molar-refractivity contribution in [1.29, 1.82) is 0 Å². The van der Waals surface area contributed by atoms with Crippen molar-refractivity contribution in [2.75, 3.05) is 4.72 Å². The fourth-order valence-corrected chi connectivity index (χ4v) is 5.05. The van der Waals surface area contributed by atoms with E-state index in [1.807, 2.05) is 4.72 Å². The molecule has 166 valence electrons. The monoisotopic (exact) mass is 481 g/mol. The minimum absolute atomic E-state index is 0.0508. The Bertz CT molecular complexity index is 1380. The fraction of sp³-hybridized carbons (Fsp3) is 0.136. The first kappa shape index (κ1) is 22.2. The zero-order valence-corrected chi connectivity index (χ0v) is 17.8. The van der Waals surface area contributed by atoms with Gasteiger partial charge in [0.2, 0.25) is 0 Å². The number of anilines is 1. The first-order valence-corrected chi connectivity index (χ1v) is 11.3. The largest absolute Gasteiger partial charge is 0.505 e. The van der Waals surface area contributed by atoms with Crippen LogP contribution in [-0.2, 0) is 16.4 Å². The lowest BCUT2D eigenvalue weighted by molar-refractivity contribution is 0.0976. The van der Waals surface area contributed by atoms with Gasteiger partial charge in [-0.3, -0.25) is 9.52 Å². The molecule has 3 aromatic carbocycles. The van der Waals surface area contributed by atoms with Crippen molar-refractivity contribution in [3.8, 4) is 16.9 Å². The molecule has 4 bridgehead atoms. The normalized spacial score (nSPS) is 15.4. The number of phenols is 1. The van der Waals surface area contributed by atoms with Crippen LogP contribution in [0.2, 0.25) is 5.02 Å². The highest BCUT2D eigenvalue weighted by Crippen LogP contribution is 2.38. The number of sulfonamides is 1. The number of carbonyl (C=O) groups is 1. The van der Waals surface area contributed by atoms with Gasteiger partial charge in [0.25, 0.3) is 10.0 Å². The second-order valence-electron chi connectivity index (χ2n) is 7.25. The Kier molecular flexibility index (Phi) is 5.64. The van der Waals surface area contributed by atoms with Gasteiger partial charge >= 0.3 is 0 Å². The molecule has 0 saturated heterocycles. The Morgan fingerprint density at radius 1 is 0.938 bits per heavy atom. The summed E-state index contributed by atoms with van der Waals surface area (Å²) in [5.74, 6) is -5.23. The minimum atomic E-state index is -4.74. The van der Waals surface area contributed by atoms with Crippen LogP contribution in [0.1, 0.15) is 28.8 Å². The topological polar surface area (TPSA) is 83.5 Å². The Hall–Kier alpha value is -3.04. The number of ketones is 1. The van der Waals surface area contributed by atoms with Gasteiger partial charge in [-0.15, -0.1) is 0 Å². The lowest BCUT2D eigenvalue weighted by Gasteiger charge is -2.17. The summed E-state index contributed by atoms with van der Waals surface area (Å²) in [6.45, 7) is 0. The number of benzene rings is 3. The third-order valence-electron chi connectivity index (χ3n) is 5.19. The standard InChI is InChI=1S/C22H15ClF3NO4S/c23-20-21(26)14-9-19(22(20)29)32(30,31)27-17-8-13(15(24)10-16(17)25)12-6-2-1-4-11(12)5-3-7-18(14)28/h1-2,4,6,8-10,27,29H,3,5,7H2. The van der Waals surface area contributed by atoms with Gasteiger partial charge in [0.05, 0.1) is 11.3 Å². The predicted octanol–water partition coefficient (Wildman–Crippen LogP) is 5.45. The van der Waals surface area contributed by atoms with E-state index in [4.69, 9.17) is 11.6 Å². The van der Waals surface area contributed by atoms with E-state index < -0.39 is 60.2 Å². The molecule has 0 fully saturated rings. The summed E-state index contributed by atoms with van der Waals surface area (Å²) in [6.07, 6.45) is 0.403. The van der Waals surface area contributed by atoms with Crippen LogP contribution < -0.4 is 4.72 Å². The quantitative estimate of drug-likeness (QED) is 0.447. The van der Waals surface area contributed by atoms with E-state index >= 15 is 0 Å². The van der Waals surface area contributed by atoms with E-state index in [0.717, 1.165) is 6.07 Å². The number of fused-ring (bicyclic) bond motifs is 6. The van der Waals surface area contributed by atoms with E-state index in [1.165, 1.54) is 0 Å². The average molecular weight is 482 g/mol. The molecule has 3 aromatic rings. The third-order valence-corrected chi connectivity index (χ3v) is 6.92. The predicted molar refractivity (Wildman–Crippen MR) is 113 cm³/mol. The van der Waals surface area contributed by atoms with Gasteiger partial charge in [-0.25, -0.2) is 21.6 Å². The van der Waals surface area contributed by atoms with Gasteiger partial charge in [0.15, 0.2) is 17.3 Å². The molecule has 0 aliphatic carbocycles. The number of phenolic OH excluding ortho intramolecular Hbond substituents is 1. The van der Waals surface area contributed by atoms with Crippen molar-refractivity contribution in [2.45, 2.75) is 24.2 Å². The van der Waals surface area contributed by atoms with Gasteiger partial charge in [0.1, 0.15) is 21.6 Å². The van der Waals surface area contributed by atoms with Crippen LogP contribution in [0, 0.1) is 17.5 Å². The molecule has 0 spiro atoms. The molecule has 5 nitrogen and oxygen atoms in total. The summed E-state index contributed by atoms with van der Waals surface area (Å²) in [5.41, 5.74) is -0.225. The second kappa shape index (κ2) is 8.14. The molecular formula is C22H15ClF3NO4S. The summed E-state index contributed by atoms with van der Waals surface area (Å²) in [7, 11) is -4.74. The van der Waals surface area contributed by atoms with Gasteiger partial charge < -0.3 is 5.11 Å². The van der Waals surface area contributed by atoms with Gasteiger partial charge in [-0.2, -0.15) is 0 Å². The number of carbonyl (C=O) groups excluding carboxylic acids is 1. The maximum Gasteiger partial charge on any atom is 0.265 e. The first-order valence-electron chi connectivity index (χ1n) is 9.44. The summed E-state index contributed by atoms with van der Waals surface area (Å²) >= 11 is 5.74. The van der Waals surface area contributed by atoms with Crippen LogP contribution in [0.3, 0.4) is 0 Å². The van der Waals surface area contributed by atoms with Crippen LogP contribution in [0.5, 0.6) is 5.75 Å². The van der Waals surface area contributed by atoms with Crippen LogP contribution in [-0.4, -0.2) is 19.3 Å². The summed E-state index contributed by atoms with van der Waals surface area (Å²) in [5, 5.41) is 9.18. The van der Waals surface area contributed by atoms with Gasteiger partial charge in [-0.05, 0) is 36.1 Å². The smallest absolute Gasteiger partial charge is 0.265 e. The SMILES string of the molecule is O=C1CCCc2ccccc2-c2cc(c(F)cc2F)NS(=O)(=O)c2cc1c(F)c(Cl)c2O. The number of rotatable bonds is 0. The molecule has 4 rings (SSSR count). The second-order valence-corrected chi connectivity index (χ2v) is 9.28. The lowest BCUT2D eigenvalue weighted by atomic mass is 9.94. The number of aryl methyl sites for hydroxylation is 1. The third kappa shape index (κ3) is 3.82. The molecule has 1 heterocycles. The summed E-state index contributed by atoms with van der Waals surface area (Å²) in [4.78, 5) is 11.7. The molecule has 1 aliphatic heterocycles. The number of Topliss-reactive ketones (excluding diaryl/α,β-unsaturated/α-hetero) is 1. The Labute approximate surface area is 186 Å². The van der Waals surface area contributed by atoms with E-state index in [9.17, 15) is 31.5 Å².